The van der Waals surface area contributed by atoms with Crippen molar-refractivity contribution < 1.29 is 31.9 Å². The van der Waals surface area contributed by atoms with Crippen LogP contribution in [0.4, 0.5) is 10.1 Å². The van der Waals surface area contributed by atoms with Crippen LogP contribution in [0.15, 0.2) is 54.6 Å². The van der Waals surface area contributed by atoms with Gasteiger partial charge in [0.05, 0.1) is 12.3 Å². The Hall–Kier alpha value is -3.67. The van der Waals surface area contributed by atoms with Crippen LogP contribution >= 0.6 is 23.2 Å². The summed E-state index contributed by atoms with van der Waals surface area (Å²) in [7, 11) is -3.94. The maximum absolute atomic E-state index is 14.8. The number of ether oxygens (including phenoxy) is 1. The number of sulfonamides is 1. The third kappa shape index (κ3) is 6.45. The van der Waals surface area contributed by atoms with Gasteiger partial charge in [0, 0.05) is 33.6 Å². The molecule has 3 amide bonds. The van der Waals surface area contributed by atoms with Gasteiger partial charge in [-0.25, -0.2) is 17.5 Å². The SMILES string of the molecule is CCCC(CCC)(Oc1ccc(Cl)cc1C1CC(=O)NC(c2cc(F)ccc2C)C12C(=O)Nc1cc(Cl)ccc12)C(=O)NS(C)(=O)=O. The number of fused-ring (bicyclic) bond motifs is 2. The molecule has 3 atom stereocenters. The van der Waals surface area contributed by atoms with Crippen molar-refractivity contribution in [1.29, 1.82) is 0 Å². The lowest BCUT2D eigenvalue weighted by molar-refractivity contribution is -0.137. The van der Waals surface area contributed by atoms with Crippen molar-refractivity contribution in [3.05, 3.63) is 92.7 Å². The van der Waals surface area contributed by atoms with E-state index in [0.29, 0.717) is 45.8 Å². The van der Waals surface area contributed by atoms with Crippen LogP contribution in [0.5, 0.6) is 5.75 Å². The molecule has 47 heavy (non-hydrogen) atoms. The van der Waals surface area contributed by atoms with E-state index in [0.717, 1.165) is 6.26 Å². The number of amides is 3. The Bertz CT molecular complexity index is 1860. The van der Waals surface area contributed by atoms with Gasteiger partial charge in [-0.2, -0.15) is 0 Å². The smallest absolute Gasteiger partial charge is 0.277 e. The monoisotopic (exact) mass is 703 g/mol. The zero-order valence-electron chi connectivity index (χ0n) is 26.4. The van der Waals surface area contributed by atoms with E-state index in [1.54, 1.807) is 49.4 Å². The van der Waals surface area contributed by atoms with Gasteiger partial charge in [-0.05, 0) is 78.9 Å². The summed E-state index contributed by atoms with van der Waals surface area (Å²) in [6.07, 6.45) is 2.01. The molecule has 0 radical (unpaired) electrons. The first-order chi connectivity index (χ1) is 22.1. The van der Waals surface area contributed by atoms with Crippen LogP contribution in [-0.2, 0) is 29.8 Å². The van der Waals surface area contributed by atoms with Crippen LogP contribution in [0.2, 0.25) is 10.0 Å². The number of carbonyl (C=O) groups is 3. The van der Waals surface area contributed by atoms with Gasteiger partial charge in [0.1, 0.15) is 17.0 Å². The lowest BCUT2D eigenvalue weighted by Crippen LogP contribution is -2.57. The van der Waals surface area contributed by atoms with Crippen molar-refractivity contribution in [3.63, 3.8) is 0 Å². The van der Waals surface area contributed by atoms with E-state index in [2.05, 4.69) is 15.4 Å². The van der Waals surface area contributed by atoms with Crippen LogP contribution in [0.3, 0.4) is 0 Å². The molecule has 3 aromatic carbocycles. The minimum absolute atomic E-state index is 0.156. The number of piperidine rings is 1. The lowest BCUT2D eigenvalue weighted by atomic mass is 9.59. The molecule has 1 saturated heterocycles. The first-order valence-electron chi connectivity index (χ1n) is 15.3. The molecule has 2 aliphatic rings. The summed E-state index contributed by atoms with van der Waals surface area (Å²) in [5, 5.41) is 6.58. The summed E-state index contributed by atoms with van der Waals surface area (Å²) >= 11 is 12.9. The number of nitrogens with one attached hydrogen (secondary N) is 3. The molecule has 0 saturated carbocycles. The van der Waals surface area contributed by atoms with Gasteiger partial charge >= 0.3 is 0 Å². The van der Waals surface area contributed by atoms with Gasteiger partial charge in [-0.15, -0.1) is 0 Å². The lowest BCUT2D eigenvalue weighted by Gasteiger charge is -2.47. The minimum atomic E-state index is -3.94. The molecule has 9 nitrogen and oxygen atoms in total. The number of halogens is 3. The fourth-order valence-corrected chi connectivity index (χ4v) is 7.98. The molecule has 3 aromatic rings. The van der Waals surface area contributed by atoms with Crippen LogP contribution in [0.25, 0.3) is 0 Å². The Morgan fingerprint density at radius 3 is 2.34 bits per heavy atom. The van der Waals surface area contributed by atoms with Crippen molar-refractivity contribution in [2.45, 2.75) is 75.9 Å². The molecule has 1 spiro atoms. The minimum Gasteiger partial charge on any atom is -0.477 e. The summed E-state index contributed by atoms with van der Waals surface area (Å²) in [5.74, 6) is -3.02. The Kier molecular flexibility index (Phi) is 9.65. The molecular weight excluding hydrogens is 668 g/mol. The fraction of sp³-hybridized carbons (Fsp3) is 0.382. The highest BCUT2D eigenvalue weighted by atomic mass is 35.5. The second-order valence-electron chi connectivity index (χ2n) is 12.3. The van der Waals surface area contributed by atoms with Gasteiger partial charge in [-0.1, -0.05) is 62.0 Å². The maximum atomic E-state index is 14.8. The second kappa shape index (κ2) is 13.1. The standard InChI is InChI=1S/C34H36Cl2FN3O6S/c1-5-13-33(14-6-2,31(42)40-47(4,44)45)46-28-12-9-20(35)15-24(28)26-18-29(41)39-30(23-17-22(37)10-7-19(23)3)34(26)25-11-8-21(36)16-27(25)38-32(34)43/h7-12,15-17,26,30H,5-6,13-14,18H2,1-4H3,(H,38,43)(H,39,41)(H,40,42). The third-order valence-electron chi connectivity index (χ3n) is 8.96. The highest BCUT2D eigenvalue weighted by Crippen LogP contribution is 2.59. The Morgan fingerprint density at radius 1 is 1.02 bits per heavy atom. The number of benzene rings is 3. The molecule has 13 heteroatoms. The Morgan fingerprint density at radius 2 is 1.68 bits per heavy atom. The van der Waals surface area contributed by atoms with Crippen molar-refractivity contribution in [3.8, 4) is 5.75 Å². The molecule has 2 heterocycles. The molecule has 1 fully saturated rings. The van der Waals surface area contributed by atoms with Crippen molar-refractivity contribution >= 4 is 56.6 Å². The van der Waals surface area contributed by atoms with Crippen molar-refractivity contribution in [2.24, 2.45) is 0 Å². The summed E-state index contributed by atoms with van der Waals surface area (Å²) in [5.41, 5.74) is -0.788. The van der Waals surface area contributed by atoms with Gasteiger partial charge in [0.2, 0.25) is 21.8 Å². The Balaban J connectivity index is 1.79. The molecule has 5 rings (SSSR count). The van der Waals surface area contributed by atoms with Crippen LogP contribution in [0, 0.1) is 12.7 Å². The van der Waals surface area contributed by atoms with Gasteiger partial charge in [0.15, 0.2) is 5.60 Å². The average Bonchev–Trinajstić information content (AvgIpc) is 3.26. The number of hydrogen-bond donors (Lipinski definition) is 3. The maximum Gasteiger partial charge on any atom is 0.277 e. The van der Waals surface area contributed by atoms with Crippen LogP contribution in [0.1, 0.15) is 80.2 Å². The molecule has 0 bridgehead atoms. The van der Waals surface area contributed by atoms with E-state index in [-0.39, 0.29) is 30.0 Å². The number of hydrogen-bond acceptors (Lipinski definition) is 6. The highest BCUT2D eigenvalue weighted by Gasteiger charge is 2.62. The predicted octanol–water partition coefficient (Wildman–Crippen LogP) is 6.47. The largest absolute Gasteiger partial charge is 0.477 e. The zero-order chi connectivity index (χ0) is 34.3. The van der Waals surface area contributed by atoms with E-state index >= 15 is 0 Å². The molecule has 2 aliphatic heterocycles. The fourth-order valence-electron chi connectivity index (χ4n) is 7.11. The third-order valence-corrected chi connectivity index (χ3v) is 9.98. The zero-order valence-corrected chi connectivity index (χ0v) is 28.7. The van der Waals surface area contributed by atoms with Gasteiger partial charge in [0.25, 0.3) is 5.91 Å². The van der Waals surface area contributed by atoms with Gasteiger partial charge < -0.3 is 15.4 Å². The molecular formula is C34H36Cl2FN3O6S. The first kappa shape index (κ1) is 34.7. The first-order valence-corrected chi connectivity index (χ1v) is 18.0. The summed E-state index contributed by atoms with van der Waals surface area (Å²) in [6, 6.07) is 12.8. The van der Waals surface area contributed by atoms with Crippen molar-refractivity contribution in [1.82, 2.24) is 10.0 Å². The van der Waals surface area contributed by atoms with E-state index in [9.17, 15) is 27.2 Å². The number of rotatable bonds is 10. The quantitative estimate of drug-likeness (QED) is 0.222. The highest BCUT2D eigenvalue weighted by molar-refractivity contribution is 7.89. The number of aryl methyl sites for hydroxylation is 1. The average molecular weight is 705 g/mol. The van der Waals surface area contributed by atoms with E-state index < -0.39 is 56.5 Å². The van der Waals surface area contributed by atoms with Crippen LogP contribution in [-0.4, -0.2) is 38.0 Å². The summed E-state index contributed by atoms with van der Waals surface area (Å²) in [6.45, 7) is 5.47. The van der Waals surface area contributed by atoms with E-state index in [1.165, 1.54) is 12.1 Å². The molecule has 3 N–H and O–H groups in total. The molecule has 0 aliphatic carbocycles. The normalized spacial score (nSPS) is 20.8. The second-order valence-corrected chi connectivity index (χ2v) is 14.9. The summed E-state index contributed by atoms with van der Waals surface area (Å²) < 4.78 is 47.9. The Labute approximate surface area is 283 Å². The number of anilines is 1. The van der Waals surface area contributed by atoms with Crippen molar-refractivity contribution in [2.75, 3.05) is 11.6 Å². The molecule has 250 valence electrons. The summed E-state index contributed by atoms with van der Waals surface area (Å²) in [4.78, 5) is 41.8. The molecule has 0 aromatic heterocycles. The molecule has 3 unspecified atom stereocenters. The van der Waals surface area contributed by atoms with Crippen LogP contribution < -0.4 is 20.1 Å². The topological polar surface area (TPSA) is 131 Å². The number of carbonyl (C=O) groups excluding carboxylic acids is 3. The van der Waals surface area contributed by atoms with E-state index in [4.69, 9.17) is 27.9 Å². The predicted molar refractivity (Wildman–Crippen MR) is 179 cm³/mol. The van der Waals surface area contributed by atoms with E-state index in [1.807, 2.05) is 13.8 Å². The van der Waals surface area contributed by atoms with Gasteiger partial charge in [-0.3, -0.25) is 14.4 Å².